The molecule has 0 saturated carbocycles. The fraction of sp³-hybridized carbons (Fsp3) is 0.600. The van der Waals surface area contributed by atoms with Crippen molar-refractivity contribution in [3.63, 3.8) is 0 Å². The highest BCUT2D eigenvalue weighted by Gasteiger charge is 2.20. The number of hydrogen-bond donors (Lipinski definition) is 1. The molecule has 0 bridgehead atoms. The maximum absolute atomic E-state index is 6.13. The summed E-state index contributed by atoms with van der Waals surface area (Å²) in [4.78, 5) is 2.45. The van der Waals surface area contributed by atoms with Gasteiger partial charge in [-0.25, -0.2) is 0 Å². The topological polar surface area (TPSA) is 29.3 Å². The fourth-order valence-electron chi connectivity index (χ4n) is 2.90. The molecule has 1 aliphatic heterocycles. The fourth-order valence-corrected chi connectivity index (χ4v) is 3.06. The van der Waals surface area contributed by atoms with E-state index in [2.05, 4.69) is 18.7 Å². The Balaban J connectivity index is 2.07. The normalized spacial score (nSPS) is 17.2. The second-order valence-corrected chi connectivity index (χ2v) is 5.79. The van der Waals surface area contributed by atoms with Crippen LogP contribution in [0.5, 0.6) is 0 Å². The minimum absolute atomic E-state index is 0.672. The van der Waals surface area contributed by atoms with Crippen LogP contribution in [0.25, 0.3) is 0 Å². The molecule has 1 heterocycles. The standard InChI is InChI=1S/C15H23ClN2/c1-3-4-12-5-7-18(8-6-12)15-10-13(16)14(17)9-11(15)2/h9-10,12H,3-8,17H2,1-2H3. The van der Waals surface area contributed by atoms with Crippen molar-refractivity contribution in [3.05, 3.63) is 22.7 Å². The van der Waals surface area contributed by atoms with E-state index in [4.69, 9.17) is 17.3 Å². The van der Waals surface area contributed by atoms with Crippen LogP contribution >= 0.6 is 11.6 Å². The van der Waals surface area contributed by atoms with Gasteiger partial charge in [0, 0.05) is 18.8 Å². The van der Waals surface area contributed by atoms with Crippen LogP contribution in [0.1, 0.15) is 38.2 Å². The molecular weight excluding hydrogens is 244 g/mol. The molecule has 18 heavy (non-hydrogen) atoms. The lowest BCUT2D eigenvalue weighted by molar-refractivity contribution is 0.378. The summed E-state index contributed by atoms with van der Waals surface area (Å²) in [6.45, 7) is 6.67. The lowest BCUT2D eigenvalue weighted by Gasteiger charge is -2.34. The molecule has 0 aromatic heterocycles. The first kappa shape index (κ1) is 13.5. The summed E-state index contributed by atoms with van der Waals surface area (Å²) in [5.74, 6) is 0.913. The van der Waals surface area contributed by atoms with Gasteiger partial charge in [0.1, 0.15) is 0 Å². The third-order valence-corrected chi connectivity index (χ3v) is 4.29. The van der Waals surface area contributed by atoms with Crippen molar-refractivity contribution in [2.24, 2.45) is 5.92 Å². The Kier molecular flexibility index (Phi) is 4.39. The highest BCUT2D eigenvalue weighted by molar-refractivity contribution is 6.33. The van der Waals surface area contributed by atoms with Gasteiger partial charge in [0.2, 0.25) is 0 Å². The molecule has 0 unspecified atom stereocenters. The van der Waals surface area contributed by atoms with Gasteiger partial charge in [0.05, 0.1) is 10.7 Å². The van der Waals surface area contributed by atoms with Gasteiger partial charge in [0.15, 0.2) is 0 Å². The van der Waals surface area contributed by atoms with Gasteiger partial charge in [-0.3, -0.25) is 0 Å². The molecule has 2 N–H and O–H groups in total. The molecule has 100 valence electrons. The molecule has 3 heteroatoms. The van der Waals surface area contributed by atoms with Crippen LogP contribution in [0.3, 0.4) is 0 Å². The van der Waals surface area contributed by atoms with Crippen molar-refractivity contribution in [1.82, 2.24) is 0 Å². The van der Waals surface area contributed by atoms with Crippen LogP contribution < -0.4 is 10.6 Å². The highest BCUT2D eigenvalue weighted by atomic mass is 35.5. The maximum atomic E-state index is 6.13. The van der Waals surface area contributed by atoms with Crippen molar-refractivity contribution in [3.8, 4) is 0 Å². The Morgan fingerprint density at radius 1 is 1.33 bits per heavy atom. The lowest BCUT2D eigenvalue weighted by atomic mass is 9.92. The van der Waals surface area contributed by atoms with Crippen LogP contribution in [0.15, 0.2) is 12.1 Å². The Bertz CT molecular complexity index is 409. The Morgan fingerprint density at radius 2 is 2.00 bits per heavy atom. The van der Waals surface area contributed by atoms with E-state index in [-0.39, 0.29) is 0 Å². The molecule has 1 aromatic rings. The number of benzene rings is 1. The van der Waals surface area contributed by atoms with E-state index in [0.717, 1.165) is 19.0 Å². The summed E-state index contributed by atoms with van der Waals surface area (Å²) in [5, 5.41) is 0.672. The summed E-state index contributed by atoms with van der Waals surface area (Å²) in [6.07, 6.45) is 5.28. The largest absolute Gasteiger partial charge is 0.398 e. The number of hydrogen-bond acceptors (Lipinski definition) is 2. The predicted molar refractivity (Wildman–Crippen MR) is 80.4 cm³/mol. The second kappa shape index (κ2) is 5.83. The quantitative estimate of drug-likeness (QED) is 0.829. The first-order valence-corrected chi connectivity index (χ1v) is 7.30. The van der Waals surface area contributed by atoms with Crippen LogP contribution in [0.4, 0.5) is 11.4 Å². The summed E-state index contributed by atoms with van der Waals surface area (Å²) < 4.78 is 0. The average molecular weight is 267 g/mol. The summed E-state index contributed by atoms with van der Waals surface area (Å²) in [7, 11) is 0. The van der Waals surface area contributed by atoms with Crippen molar-refractivity contribution < 1.29 is 0 Å². The van der Waals surface area contributed by atoms with E-state index in [1.54, 1.807) is 0 Å². The van der Waals surface area contributed by atoms with E-state index < -0.39 is 0 Å². The third kappa shape index (κ3) is 2.92. The summed E-state index contributed by atoms with van der Waals surface area (Å²) >= 11 is 6.13. The van der Waals surface area contributed by atoms with Crippen molar-refractivity contribution in [2.75, 3.05) is 23.7 Å². The number of aryl methyl sites for hydroxylation is 1. The zero-order valence-corrected chi connectivity index (χ0v) is 12.1. The molecule has 1 saturated heterocycles. The molecule has 0 atom stereocenters. The highest BCUT2D eigenvalue weighted by Crippen LogP contribution is 2.32. The van der Waals surface area contributed by atoms with E-state index in [1.165, 1.54) is 36.9 Å². The predicted octanol–water partition coefficient (Wildman–Crippen LogP) is 4.25. The Labute approximate surface area is 115 Å². The zero-order valence-electron chi connectivity index (χ0n) is 11.4. The van der Waals surface area contributed by atoms with Crippen LogP contribution in [0, 0.1) is 12.8 Å². The van der Waals surface area contributed by atoms with Gasteiger partial charge < -0.3 is 10.6 Å². The summed E-state index contributed by atoms with van der Waals surface area (Å²) in [6, 6.07) is 4.00. The number of nitrogens with two attached hydrogens (primary N) is 1. The van der Waals surface area contributed by atoms with Gasteiger partial charge >= 0.3 is 0 Å². The molecule has 0 radical (unpaired) electrons. The molecule has 0 amide bonds. The van der Waals surface area contributed by atoms with Crippen LogP contribution in [0.2, 0.25) is 5.02 Å². The smallest absolute Gasteiger partial charge is 0.0656 e. The van der Waals surface area contributed by atoms with Gasteiger partial charge in [0.25, 0.3) is 0 Å². The molecule has 1 fully saturated rings. The van der Waals surface area contributed by atoms with Gasteiger partial charge in [-0.05, 0) is 43.4 Å². The van der Waals surface area contributed by atoms with E-state index in [0.29, 0.717) is 10.7 Å². The SMILES string of the molecule is CCCC1CCN(c2cc(Cl)c(N)cc2C)CC1. The molecule has 2 rings (SSSR count). The van der Waals surface area contributed by atoms with E-state index in [9.17, 15) is 0 Å². The molecule has 0 spiro atoms. The lowest BCUT2D eigenvalue weighted by Crippen LogP contribution is -2.34. The second-order valence-electron chi connectivity index (χ2n) is 5.38. The molecular formula is C15H23ClN2. The number of anilines is 2. The average Bonchev–Trinajstić information content (AvgIpc) is 2.35. The minimum Gasteiger partial charge on any atom is -0.398 e. The molecule has 1 aliphatic rings. The van der Waals surface area contributed by atoms with Gasteiger partial charge in [-0.2, -0.15) is 0 Å². The first-order valence-electron chi connectivity index (χ1n) is 6.92. The van der Waals surface area contributed by atoms with Crippen molar-refractivity contribution in [1.29, 1.82) is 0 Å². The van der Waals surface area contributed by atoms with Crippen molar-refractivity contribution >= 4 is 23.0 Å². The van der Waals surface area contributed by atoms with Crippen LogP contribution in [-0.4, -0.2) is 13.1 Å². The molecule has 0 aliphatic carbocycles. The number of rotatable bonds is 3. The molecule has 1 aromatic carbocycles. The van der Waals surface area contributed by atoms with Crippen molar-refractivity contribution in [2.45, 2.75) is 39.5 Å². The number of nitrogen functional groups attached to an aromatic ring is 1. The Morgan fingerprint density at radius 3 is 2.61 bits per heavy atom. The minimum atomic E-state index is 0.672. The maximum Gasteiger partial charge on any atom is 0.0656 e. The first-order chi connectivity index (χ1) is 8.61. The monoisotopic (exact) mass is 266 g/mol. The van der Waals surface area contributed by atoms with E-state index >= 15 is 0 Å². The van der Waals surface area contributed by atoms with E-state index in [1.807, 2.05) is 12.1 Å². The number of piperidine rings is 1. The van der Waals surface area contributed by atoms with Gasteiger partial charge in [-0.15, -0.1) is 0 Å². The van der Waals surface area contributed by atoms with Crippen LogP contribution in [-0.2, 0) is 0 Å². The Hall–Kier alpha value is -0.890. The molecule has 2 nitrogen and oxygen atoms in total. The van der Waals surface area contributed by atoms with Gasteiger partial charge in [-0.1, -0.05) is 31.4 Å². The third-order valence-electron chi connectivity index (χ3n) is 3.97. The number of nitrogens with zero attached hydrogens (tertiary/aromatic N) is 1. The number of halogens is 1. The summed E-state index contributed by atoms with van der Waals surface area (Å²) in [5.41, 5.74) is 8.99. The zero-order chi connectivity index (χ0) is 13.1.